The summed E-state index contributed by atoms with van der Waals surface area (Å²) in [5, 5.41) is 3.43. The second-order valence-electron chi connectivity index (χ2n) is 7.79. The first-order chi connectivity index (χ1) is 11.4. The molecule has 0 radical (unpaired) electrons. The van der Waals surface area contributed by atoms with Gasteiger partial charge in [-0.15, -0.1) is 11.3 Å². The van der Waals surface area contributed by atoms with Gasteiger partial charge in [0.1, 0.15) is 10.6 Å². The smallest absolute Gasteiger partial charge is 0.410 e. The molecule has 1 fully saturated rings. The fraction of sp³-hybridized carbons (Fsp3) is 0.684. The van der Waals surface area contributed by atoms with Gasteiger partial charge in [0.05, 0.1) is 5.69 Å². The summed E-state index contributed by atoms with van der Waals surface area (Å²) in [6.07, 6.45) is 9.08. The third kappa shape index (κ3) is 4.38. The largest absolute Gasteiger partial charge is 0.444 e. The van der Waals surface area contributed by atoms with E-state index in [2.05, 4.69) is 11.5 Å². The van der Waals surface area contributed by atoms with Crippen LogP contribution in [0.25, 0.3) is 5.57 Å². The highest BCUT2D eigenvalue weighted by atomic mass is 32.1. The van der Waals surface area contributed by atoms with Crippen LogP contribution < -0.4 is 0 Å². The number of thiazole rings is 1. The van der Waals surface area contributed by atoms with Gasteiger partial charge in [-0.3, -0.25) is 0 Å². The summed E-state index contributed by atoms with van der Waals surface area (Å²) in [4.78, 5) is 18.9. The van der Waals surface area contributed by atoms with Gasteiger partial charge in [0.15, 0.2) is 0 Å². The molecule has 4 nitrogen and oxygen atoms in total. The monoisotopic (exact) mass is 348 g/mol. The molecule has 0 bridgehead atoms. The van der Waals surface area contributed by atoms with Crippen molar-refractivity contribution in [2.75, 3.05) is 13.1 Å². The number of hydrogen-bond acceptors (Lipinski definition) is 4. The van der Waals surface area contributed by atoms with Crippen molar-refractivity contribution >= 4 is 23.0 Å². The van der Waals surface area contributed by atoms with Gasteiger partial charge in [-0.2, -0.15) is 0 Å². The maximum Gasteiger partial charge on any atom is 0.410 e. The number of hydrogen-bond donors (Lipinski definition) is 0. The van der Waals surface area contributed by atoms with E-state index in [1.165, 1.54) is 42.0 Å². The minimum absolute atomic E-state index is 0.188. The quantitative estimate of drug-likeness (QED) is 0.736. The molecule has 1 aromatic heterocycles. The van der Waals surface area contributed by atoms with Crippen molar-refractivity contribution in [3.63, 3.8) is 0 Å². The number of nitrogens with zero attached hydrogens (tertiary/aromatic N) is 2. The molecule has 5 heteroatoms. The van der Waals surface area contributed by atoms with Gasteiger partial charge < -0.3 is 9.64 Å². The molecular weight excluding hydrogens is 320 g/mol. The van der Waals surface area contributed by atoms with Crippen LogP contribution in [-0.4, -0.2) is 34.7 Å². The normalized spacial score (nSPS) is 20.0. The van der Waals surface area contributed by atoms with Crippen molar-refractivity contribution < 1.29 is 9.53 Å². The van der Waals surface area contributed by atoms with Crippen molar-refractivity contribution in [2.45, 2.75) is 70.8 Å². The van der Waals surface area contributed by atoms with E-state index < -0.39 is 5.60 Å². The van der Waals surface area contributed by atoms with Crippen LogP contribution >= 0.6 is 11.3 Å². The summed E-state index contributed by atoms with van der Waals surface area (Å²) >= 11 is 1.78. The van der Waals surface area contributed by atoms with Gasteiger partial charge in [0.2, 0.25) is 0 Å². The summed E-state index contributed by atoms with van der Waals surface area (Å²) < 4.78 is 5.47. The van der Waals surface area contributed by atoms with Crippen LogP contribution in [0.1, 0.15) is 75.9 Å². The predicted octanol–water partition coefficient (Wildman–Crippen LogP) is 5.22. The van der Waals surface area contributed by atoms with Crippen molar-refractivity contribution in [1.82, 2.24) is 9.88 Å². The van der Waals surface area contributed by atoms with Crippen molar-refractivity contribution in [1.29, 1.82) is 0 Å². The van der Waals surface area contributed by atoms with Gasteiger partial charge in [-0.05, 0) is 64.9 Å². The summed E-state index contributed by atoms with van der Waals surface area (Å²) in [7, 11) is 0. The summed E-state index contributed by atoms with van der Waals surface area (Å²) in [5.41, 5.74) is 2.22. The van der Waals surface area contributed by atoms with Gasteiger partial charge in [0, 0.05) is 24.4 Å². The van der Waals surface area contributed by atoms with E-state index in [0.717, 1.165) is 25.9 Å². The second-order valence-corrected chi connectivity index (χ2v) is 8.65. The van der Waals surface area contributed by atoms with Gasteiger partial charge in [-0.25, -0.2) is 9.78 Å². The van der Waals surface area contributed by atoms with Gasteiger partial charge >= 0.3 is 6.09 Å². The number of aromatic nitrogens is 1. The van der Waals surface area contributed by atoms with Crippen LogP contribution in [0.2, 0.25) is 0 Å². The van der Waals surface area contributed by atoms with Gasteiger partial charge in [-0.1, -0.05) is 6.08 Å². The molecule has 2 aliphatic rings. The fourth-order valence-corrected chi connectivity index (χ4v) is 4.31. The standard InChI is InChI=1S/C19H28N2O2S/c1-19(2,3)23-18(22)21-11-9-14(10-12-21)16-13-24-17(20-16)15-7-5-4-6-8-15/h7,13-14H,4-6,8-12H2,1-3H3. The molecule has 132 valence electrons. The van der Waals surface area contributed by atoms with Crippen molar-refractivity contribution in [3.8, 4) is 0 Å². The zero-order valence-electron chi connectivity index (χ0n) is 15.0. The first-order valence-electron chi connectivity index (χ1n) is 9.05. The van der Waals surface area contributed by atoms with Crippen molar-refractivity contribution in [2.24, 2.45) is 0 Å². The lowest BCUT2D eigenvalue weighted by Gasteiger charge is -2.32. The van der Waals surface area contributed by atoms with E-state index in [1.54, 1.807) is 11.3 Å². The summed E-state index contributed by atoms with van der Waals surface area (Å²) in [6, 6.07) is 0. The van der Waals surface area contributed by atoms with Crippen molar-refractivity contribution in [3.05, 3.63) is 22.2 Å². The minimum atomic E-state index is -0.425. The summed E-state index contributed by atoms with van der Waals surface area (Å²) in [6.45, 7) is 7.25. The molecule has 1 amide bonds. The maximum absolute atomic E-state index is 12.2. The zero-order valence-corrected chi connectivity index (χ0v) is 15.8. The van der Waals surface area contributed by atoms with Crippen LogP contribution in [0.4, 0.5) is 4.79 Å². The third-order valence-electron chi connectivity index (χ3n) is 4.65. The maximum atomic E-state index is 12.2. The number of piperidine rings is 1. The van der Waals surface area contributed by atoms with Crippen LogP contribution in [-0.2, 0) is 4.74 Å². The molecular formula is C19H28N2O2S. The highest BCUT2D eigenvalue weighted by Crippen LogP contribution is 2.34. The number of carbonyl (C=O) groups is 1. The highest BCUT2D eigenvalue weighted by molar-refractivity contribution is 7.10. The van der Waals surface area contributed by atoms with E-state index in [4.69, 9.17) is 9.72 Å². The molecule has 0 aromatic carbocycles. The Balaban J connectivity index is 1.56. The molecule has 1 aliphatic heterocycles. The predicted molar refractivity (Wildman–Crippen MR) is 98.3 cm³/mol. The molecule has 0 unspecified atom stereocenters. The Morgan fingerprint density at radius 3 is 2.67 bits per heavy atom. The number of amides is 1. The van der Waals surface area contributed by atoms with E-state index in [-0.39, 0.29) is 6.09 Å². The Labute approximate surface area is 148 Å². The highest BCUT2D eigenvalue weighted by Gasteiger charge is 2.28. The van der Waals surface area contributed by atoms with E-state index in [9.17, 15) is 4.79 Å². The fourth-order valence-electron chi connectivity index (χ4n) is 3.34. The molecule has 0 atom stereocenters. The van der Waals surface area contributed by atoms with Crippen LogP contribution in [0.15, 0.2) is 11.5 Å². The first kappa shape index (κ1) is 17.5. The number of ether oxygens (including phenoxy) is 1. The second kappa shape index (κ2) is 7.26. The van der Waals surface area contributed by atoms with E-state index in [1.807, 2.05) is 25.7 Å². The Kier molecular flexibility index (Phi) is 5.28. The third-order valence-corrected chi connectivity index (χ3v) is 5.59. The van der Waals surface area contributed by atoms with Crippen LogP contribution in [0, 0.1) is 0 Å². The molecule has 1 aliphatic carbocycles. The zero-order chi connectivity index (χ0) is 17.2. The minimum Gasteiger partial charge on any atom is -0.444 e. The lowest BCUT2D eigenvalue weighted by molar-refractivity contribution is 0.0204. The number of rotatable bonds is 2. The van der Waals surface area contributed by atoms with E-state index >= 15 is 0 Å². The SMILES string of the molecule is CC(C)(C)OC(=O)N1CCC(c2csc(C3=CCCCC3)n2)CC1. The molecule has 3 rings (SSSR count). The van der Waals surface area contributed by atoms with Gasteiger partial charge in [0.25, 0.3) is 0 Å². The average molecular weight is 349 g/mol. The van der Waals surface area contributed by atoms with Crippen LogP contribution in [0.5, 0.6) is 0 Å². The molecule has 2 heterocycles. The number of allylic oxidation sites excluding steroid dienone is 2. The molecule has 1 saturated heterocycles. The molecule has 0 spiro atoms. The lowest BCUT2D eigenvalue weighted by Crippen LogP contribution is -2.41. The summed E-state index contributed by atoms with van der Waals surface area (Å²) in [5.74, 6) is 0.470. The topological polar surface area (TPSA) is 42.4 Å². The van der Waals surface area contributed by atoms with Crippen LogP contribution in [0.3, 0.4) is 0 Å². The molecule has 0 N–H and O–H groups in total. The Hall–Kier alpha value is -1.36. The molecule has 1 aromatic rings. The first-order valence-corrected chi connectivity index (χ1v) is 9.93. The number of carbonyl (C=O) groups excluding carboxylic acids is 1. The Morgan fingerprint density at radius 2 is 2.04 bits per heavy atom. The molecule has 24 heavy (non-hydrogen) atoms. The Morgan fingerprint density at radius 1 is 1.29 bits per heavy atom. The Bertz CT molecular complexity index is 607. The average Bonchev–Trinajstić information content (AvgIpc) is 3.04. The molecule has 0 saturated carbocycles. The lowest BCUT2D eigenvalue weighted by atomic mass is 9.94. The van der Waals surface area contributed by atoms with E-state index in [0.29, 0.717) is 5.92 Å². The number of likely N-dealkylation sites (tertiary alicyclic amines) is 1.